The summed E-state index contributed by atoms with van der Waals surface area (Å²) in [5.41, 5.74) is 5.41. The quantitative estimate of drug-likeness (QED) is 0.378. The van der Waals surface area contributed by atoms with E-state index in [4.69, 9.17) is 5.73 Å². The number of nitrogens with two attached hydrogens (primary N) is 1. The fraction of sp³-hybridized carbons (Fsp3) is 0.381. The number of aliphatic hydroxyl groups is 1. The van der Waals surface area contributed by atoms with E-state index in [1.165, 1.54) is 13.0 Å². The van der Waals surface area contributed by atoms with Crippen molar-refractivity contribution < 1.29 is 24.7 Å². The lowest BCUT2D eigenvalue weighted by Gasteiger charge is -2.33. The van der Waals surface area contributed by atoms with Crippen molar-refractivity contribution in [3.8, 4) is 11.3 Å². The van der Waals surface area contributed by atoms with Crippen molar-refractivity contribution in [2.24, 2.45) is 11.7 Å². The minimum Gasteiger partial charge on any atom is -0.426 e. The van der Waals surface area contributed by atoms with Crippen LogP contribution in [0.25, 0.3) is 11.3 Å². The average Bonchev–Trinajstić information content (AvgIpc) is 2.71. The number of carbonyl (C=O) groups excluding carboxylic acids is 2. The molecule has 0 saturated heterocycles. The molecule has 1 amide bonds. The highest BCUT2D eigenvalue weighted by Crippen LogP contribution is 2.20. The van der Waals surface area contributed by atoms with Gasteiger partial charge in [0.1, 0.15) is 17.2 Å². The zero-order chi connectivity index (χ0) is 22.5. The molecule has 0 aliphatic carbocycles. The van der Waals surface area contributed by atoms with Crippen LogP contribution in [0.5, 0.6) is 0 Å². The van der Waals surface area contributed by atoms with Crippen LogP contribution in [0.3, 0.4) is 0 Å². The van der Waals surface area contributed by atoms with E-state index in [0.717, 1.165) is 5.56 Å². The predicted molar refractivity (Wildman–Crippen MR) is 114 cm³/mol. The smallest absolute Gasteiger partial charge is 0.426 e. The molecule has 0 saturated carbocycles. The fourth-order valence-electron chi connectivity index (χ4n) is 3.25. The summed E-state index contributed by atoms with van der Waals surface area (Å²) in [6, 6.07) is 12.7. The topological polar surface area (TPSA) is 146 Å². The number of benzene rings is 1. The van der Waals surface area contributed by atoms with Crippen molar-refractivity contribution in [3.05, 3.63) is 54.2 Å². The number of aliphatic hydroxyl groups excluding tert-OH is 1. The second-order valence-electron chi connectivity index (χ2n) is 7.84. The molecule has 0 aliphatic heterocycles. The van der Waals surface area contributed by atoms with Crippen molar-refractivity contribution >= 4 is 18.8 Å². The van der Waals surface area contributed by atoms with Crippen LogP contribution >= 0.6 is 0 Å². The molecule has 0 bridgehead atoms. The van der Waals surface area contributed by atoms with Crippen LogP contribution in [0.15, 0.2) is 48.5 Å². The third kappa shape index (κ3) is 5.51. The van der Waals surface area contributed by atoms with Gasteiger partial charge in [-0.3, -0.25) is 9.59 Å². The molecule has 1 heterocycles. The first-order valence-corrected chi connectivity index (χ1v) is 9.77. The number of hydrogen-bond donors (Lipinski definition) is 5. The van der Waals surface area contributed by atoms with E-state index in [1.807, 2.05) is 30.3 Å². The first-order chi connectivity index (χ1) is 14.1. The molecule has 9 heteroatoms. The summed E-state index contributed by atoms with van der Waals surface area (Å²) in [4.78, 5) is 30.1. The standard InChI is InChI=1S/C21H28BN3O5/c1-13(2)12-21(23,22(29)30)19(27)18(14(3)26)25-20(28)17-11-7-10-16(24-17)15-8-5-4-6-9-15/h4-11,13-14,18,26,29-30H,12,23H2,1-3H3,(H,25,28)/t14-,18+,21?/m1/s1. The molecule has 3 atom stereocenters. The molecule has 6 N–H and O–H groups in total. The number of rotatable bonds is 9. The lowest BCUT2D eigenvalue weighted by Crippen LogP contribution is -2.67. The van der Waals surface area contributed by atoms with Gasteiger partial charge in [-0.2, -0.15) is 0 Å². The lowest BCUT2D eigenvalue weighted by atomic mass is 9.58. The molecule has 0 radical (unpaired) electrons. The molecular formula is C21H28BN3O5. The van der Waals surface area contributed by atoms with Gasteiger partial charge in [0.2, 0.25) is 0 Å². The lowest BCUT2D eigenvalue weighted by molar-refractivity contribution is -0.127. The van der Waals surface area contributed by atoms with Gasteiger partial charge >= 0.3 is 7.12 Å². The maximum absolute atomic E-state index is 13.0. The fourth-order valence-corrected chi connectivity index (χ4v) is 3.25. The number of nitrogens with one attached hydrogen (secondary N) is 1. The van der Waals surface area contributed by atoms with Crippen molar-refractivity contribution in [1.82, 2.24) is 10.3 Å². The zero-order valence-corrected chi connectivity index (χ0v) is 17.3. The van der Waals surface area contributed by atoms with Gasteiger partial charge in [-0.05, 0) is 31.4 Å². The van der Waals surface area contributed by atoms with Crippen LogP contribution in [0.2, 0.25) is 0 Å². The Kier molecular flexibility index (Phi) is 7.86. The largest absolute Gasteiger partial charge is 0.480 e. The van der Waals surface area contributed by atoms with E-state index < -0.39 is 36.4 Å². The van der Waals surface area contributed by atoms with Crippen molar-refractivity contribution in [1.29, 1.82) is 0 Å². The van der Waals surface area contributed by atoms with Gasteiger partial charge in [-0.1, -0.05) is 50.2 Å². The van der Waals surface area contributed by atoms with E-state index in [-0.39, 0.29) is 18.0 Å². The summed E-state index contributed by atoms with van der Waals surface area (Å²) in [6.07, 6.45) is -1.35. The average molecular weight is 413 g/mol. The van der Waals surface area contributed by atoms with Crippen LogP contribution in [-0.2, 0) is 4.79 Å². The molecule has 160 valence electrons. The Bertz CT molecular complexity index is 876. The molecule has 1 unspecified atom stereocenters. The summed E-state index contributed by atoms with van der Waals surface area (Å²) < 4.78 is 0. The number of nitrogens with zero attached hydrogens (tertiary/aromatic N) is 1. The van der Waals surface area contributed by atoms with Gasteiger partial charge in [-0.25, -0.2) is 4.98 Å². The minimum atomic E-state index is -2.15. The van der Waals surface area contributed by atoms with Gasteiger partial charge in [0.15, 0.2) is 5.78 Å². The Morgan fingerprint density at radius 2 is 1.73 bits per heavy atom. The Hall–Kier alpha value is -2.59. The molecule has 8 nitrogen and oxygen atoms in total. The van der Waals surface area contributed by atoms with Crippen LogP contribution < -0.4 is 11.1 Å². The van der Waals surface area contributed by atoms with Crippen LogP contribution in [0.4, 0.5) is 0 Å². The number of Topliss-reactive ketones (excluding diaryl/α,β-unsaturated/α-hetero) is 1. The second kappa shape index (κ2) is 9.95. The van der Waals surface area contributed by atoms with E-state index in [9.17, 15) is 24.7 Å². The van der Waals surface area contributed by atoms with E-state index in [0.29, 0.717) is 5.69 Å². The molecule has 0 fully saturated rings. The van der Waals surface area contributed by atoms with Gasteiger partial charge in [0.25, 0.3) is 5.91 Å². The Labute approximate surface area is 176 Å². The van der Waals surface area contributed by atoms with E-state index in [1.54, 1.807) is 26.0 Å². The molecular weight excluding hydrogens is 385 g/mol. The van der Waals surface area contributed by atoms with Crippen molar-refractivity contribution in [2.75, 3.05) is 0 Å². The maximum Gasteiger partial charge on any atom is 0.480 e. The van der Waals surface area contributed by atoms with Gasteiger partial charge in [-0.15, -0.1) is 0 Å². The highest BCUT2D eigenvalue weighted by molar-refractivity contribution is 6.52. The SMILES string of the molecule is CC(C)CC(N)(B(O)O)C(=O)[C@@H](NC(=O)c1cccc(-c2ccccc2)n1)[C@@H](C)O. The first-order valence-electron chi connectivity index (χ1n) is 9.77. The molecule has 0 aliphatic rings. The molecule has 2 aromatic rings. The molecule has 2 rings (SSSR count). The third-order valence-electron chi connectivity index (χ3n) is 4.77. The highest BCUT2D eigenvalue weighted by atomic mass is 16.4. The number of pyridine rings is 1. The van der Waals surface area contributed by atoms with E-state index in [2.05, 4.69) is 10.3 Å². The van der Waals surface area contributed by atoms with Crippen LogP contribution in [0, 0.1) is 5.92 Å². The summed E-state index contributed by atoms with van der Waals surface area (Å²) in [5, 5.41) is 32.0. The second-order valence-corrected chi connectivity index (χ2v) is 7.84. The highest BCUT2D eigenvalue weighted by Gasteiger charge is 2.49. The third-order valence-corrected chi connectivity index (χ3v) is 4.77. The number of carbonyl (C=O) groups is 2. The number of aromatic nitrogens is 1. The summed E-state index contributed by atoms with van der Waals surface area (Å²) in [6.45, 7) is 4.86. The Morgan fingerprint density at radius 3 is 2.27 bits per heavy atom. The van der Waals surface area contributed by atoms with Crippen LogP contribution in [0.1, 0.15) is 37.7 Å². The zero-order valence-electron chi connectivity index (χ0n) is 17.3. The van der Waals surface area contributed by atoms with Gasteiger partial charge < -0.3 is 26.2 Å². The van der Waals surface area contributed by atoms with E-state index >= 15 is 0 Å². The number of ketones is 1. The predicted octanol–water partition coefficient (Wildman–Crippen LogP) is 0.552. The summed E-state index contributed by atoms with van der Waals surface area (Å²) in [7, 11) is -2.15. The first kappa shape index (κ1) is 23.7. The number of amides is 1. The summed E-state index contributed by atoms with van der Waals surface area (Å²) in [5.74, 6) is -1.68. The van der Waals surface area contributed by atoms with Gasteiger partial charge in [0, 0.05) is 5.56 Å². The van der Waals surface area contributed by atoms with Crippen molar-refractivity contribution in [3.63, 3.8) is 0 Å². The number of hydrogen-bond acceptors (Lipinski definition) is 7. The summed E-state index contributed by atoms with van der Waals surface area (Å²) >= 11 is 0. The molecule has 0 spiro atoms. The Balaban J connectivity index is 2.29. The maximum atomic E-state index is 13.0. The molecule has 1 aromatic heterocycles. The molecule has 1 aromatic carbocycles. The normalized spacial score (nSPS) is 15.2. The molecule has 30 heavy (non-hydrogen) atoms. The minimum absolute atomic E-state index is 0.0374. The monoisotopic (exact) mass is 413 g/mol. The Morgan fingerprint density at radius 1 is 1.10 bits per heavy atom. The van der Waals surface area contributed by atoms with Crippen LogP contribution in [-0.4, -0.2) is 56.5 Å². The van der Waals surface area contributed by atoms with Gasteiger partial charge in [0.05, 0.1) is 11.8 Å². The van der Waals surface area contributed by atoms with Crippen molar-refractivity contribution in [2.45, 2.75) is 44.8 Å².